The summed E-state index contributed by atoms with van der Waals surface area (Å²) in [6.45, 7) is 5.15. The van der Waals surface area contributed by atoms with Gasteiger partial charge < -0.3 is 10.1 Å². The highest BCUT2D eigenvalue weighted by molar-refractivity contribution is 5.85. The van der Waals surface area contributed by atoms with Crippen LogP contribution in [0, 0.1) is 0 Å². The molecule has 118 valence electrons. The Morgan fingerprint density at radius 3 is 2.77 bits per heavy atom. The Kier molecular flexibility index (Phi) is 6.29. The van der Waals surface area contributed by atoms with Gasteiger partial charge in [-0.15, -0.1) is 12.4 Å². The fourth-order valence-electron chi connectivity index (χ4n) is 2.95. The number of halogens is 1. The summed E-state index contributed by atoms with van der Waals surface area (Å²) in [5.74, 6) is 1.58. The second kappa shape index (κ2) is 8.21. The van der Waals surface area contributed by atoms with E-state index in [1.807, 2.05) is 6.07 Å². The molecule has 0 saturated heterocycles. The summed E-state index contributed by atoms with van der Waals surface area (Å²) >= 11 is 0. The molecule has 0 fully saturated rings. The highest BCUT2D eigenvalue weighted by Crippen LogP contribution is 2.26. The summed E-state index contributed by atoms with van der Waals surface area (Å²) < 4.78 is 5.93. The van der Waals surface area contributed by atoms with Crippen molar-refractivity contribution < 1.29 is 4.74 Å². The van der Waals surface area contributed by atoms with Gasteiger partial charge in [0.15, 0.2) is 0 Å². The van der Waals surface area contributed by atoms with Crippen molar-refractivity contribution in [3.05, 3.63) is 65.2 Å². The molecule has 1 aliphatic heterocycles. The van der Waals surface area contributed by atoms with E-state index in [0.717, 1.165) is 38.3 Å². The van der Waals surface area contributed by atoms with Crippen molar-refractivity contribution in [2.75, 3.05) is 19.7 Å². The maximum absolute atomic E-state index is 5.93. The second-order valence-electron chi connectivity index (χ2n) is 5.80. The second-order valence-corrected chi connectivity index (χ2v) is 5.80. The molecule has 1 heterocycles. The highest BCUT2D eigenvalue weighted by Gasteiger charge is 2.14. The molecule has 0 radical (unpaired) electrons. The van der Waals surface area contributed by atoms with Crippen LogP contribution in [-0.4, -0.2) is 19.7 Å². The SMILES string of the molecule is C[C@H]1CNCCc2cc(OCCc3ccccc3)ccc21.Cl. The summed E-state index contributed by atoms with van der Waals surface area (Å²) in [6, 6.07) is 17.1. The van der Waals surface area contributed by atoms with Gasteiger partial charge in [-0.25, -0.2) is 0 Å². The van der Waals surface area contributed by atoms with Crippen molar-refractivity contribution >= 4 is 12.4 Å². The Morgan fingerprint density at radius 2 is 1.95 bits per heavy atom. The minimum Gasteiger partial charge on any atom is -0.493 e. The van der Waals surface area contributed by atoms with E-state index in [4.69, 9.17) is 4.74 Å². The van der Waals surface area contributed by atoms with E-state index in [1.165, 1.54) is 16.7 Å². The summed E-state index contributed by atoms with van der Waals surface area (Å²) in [5, 5.41) is 3.49. The van der Waals surface area contributed by atoms with Crippen LogP contribution in [0.2, 0.25) is 0 Å². The monoisotopic (exact) mass is 317 g/mol. The number of benzene rings is 2. The van der Waals surface area contributed by atoms with Crippen LogP contribution < -0.4 is 10.1 Å². The van der Waals surface area contributed by atoms with Crippen LogP contribution in [0.1, 0.15) is 29.5 Å². The van der Waals surface area contributed by atoms with E-state index >= 15 is 0 Å². The average Bonchev–Trinajstić information content (AvgIpc) is 2.70. The van der Waals surface area contributed by atoms with Gasteiger partial charge in [-0.05, 0) is 47.7 Å². The first kappa shape index (κ1) is 16.9. The van der Waals surface area contributed by atoms with Gasteiger partial charge >= 0.3 is 0 Å². The Balaban J connectivity index is 0.00000176. The van der Waals surface area contributed by atoms with E-state index in [1.54, 1.807) is 0 Å². The van der Waals surface area contributed by atoms with Gasteiger partial charge in [0, 0.05) is 13.0 Å². The van der Waals surface area contributed by atoms with Crippen LogP contribution in [0.25, 0.3) is 0 Å². The molecular weight excluding hydrogens is 294 g/mol. The molecule has 0 saturated carbocycles. The summed E-state index contributed by atoms with van der Waals surface area (Å²) in [5.41, 5.74) is 4.23. The number of rotatable bonds is 4. The highest BCUT2D eigenvalue weighted by atomic mass is 35.5. The first-order valence-electron chi connectivity index (χ1n) is 7.83. The minimum atomic E-state index is 0. The molecule has 2 aromatic carbocycles. The first-order valence-corrected chi connectivity index (χ1v) is 7.83. The zero-order valence-electron chi connectivity index (χ0n) is 13.0. The van der Waals surface area contributed by atoms with Crippen LogP contribution in [0.3, 0.4) is 0 Å². The maximum Gasteiger partial charge on any atom is 0.119 e. The topological polar surface area (TPSA) is 21.3 Å². The van der Waals surface area contributed by atoms with E-state index in [0.29, 0.717) is 5.92 Å². The average molecular weight is 318 g/mol. The molecule has 22 heavy (non-hydrogen) atoms. The first-order chi connectivity index (χ1) is 10.3. The molecule has 0 amide bonds. The fourth-order valence-corrected chi connectivity index (χ4v) is 2.95. The maximum atomic E-state index is 5.93. The predicted molar refractivity (Wildman–Crippen MR) is 94.3 cm³/mol. The molecule has 3 rings (SSSR count). The smallest absolute Gasteiger partial charge is 0.119 e. The fraction of sp³-hybridized carbons (Fsp3) is 0.368. The van der Waals surface area contributed by atoms with Crippen molar-refractivity contribution in [1.82, 2.24) is 5.32 Å². The molecule has 0 aromatic heterocycles. The molecule has 3 heteroatoms. The Morgan fingerprint density at radius 1 is 1.14 bits per heavy atom. The summed E-state index contributed by atoms with van der Waals surface area (Å²) in [7, 11) is 0. The molecule has 1 N–H and O–H groups in total. The van der Waals surface area contributed by atoms with Gasteiger partial charge in [0.2, 0.25) is 0 Å². The molecule has 2 aromatic rings. The van der Waals surface area contributed by atoms with Crippen LogP contribution in [-0.2, 0) is 12.8 Å². The molecule has 0 bridgehead atoms. The summed E-state index contributed by atoms with van der Waals surface area (Å²) in [6.07, 6.45) is 2.05. The van der Waals surface area contributed by atoms with Gasteiger partial charge in [0.25, 0.3) is 0 Å². The minimum absolute atomic E-state index is 0. The predicted octanol–water partition coefficient (Wildman–Crippen LogP) is 3.98. The number of ether oxygens (including phenoxy) is 1. The van der Waals surface area contributed by atoms with E-state index in [2.05, 4.69) is 54.7 Å². The quantitative estimate of drug-likeness (QED) is 0.921. The van der Waals surface area contributed by atoms with E-state index < -0.39 is 0 Å². The largest absolute Gasteiger partial charge is 0.493 e. The van der Waals surface area contributed by atoms with Crippen molar-refractivity contribution in [2.24, 2.45) is 0 Å². The standard InChI is InChI=1S/C19H23NO.ClH/c1-15-14-20-11-9-17-13-18(7-8-19(15)17)21-12-10-16-5-3-2-4-6-16;/h2-8,13,15,20H,9-12,14H2,1H3;1H/t15-;/m0./s1. The van der Waals surface area contributed by atoms with Gasteiger partial charge in [-0.1, -0.05) is 43.3 Å². The molecule has 2 nitrogen and oxygen atoms in total. The van der Waals surface area contributed by atoms with E-state index in [-0.39, 0.29) is 12.4 Å². The zero-order chi connectivity index (χ0) is 14.5. The molecule has 1 aliphatic rings. The zero-order valence-corrected chi connectivity index (χ0v) is 13.9. The molecule has 0 aliphatic carbocycles. The van der Waals surface area contributed by atoms with Crippen molar-refractivity contribution in [3.8, 4) is 5.75 Å². The van der Waals surface area contributed by atoms with Crippen LogP contribution in [0.4, 0.5) is 0 Å². The van der Waals surface area contributed by atoms with Gasteiger partial charge in [0.05, 0.1) is 6.61 Å². The normalized spacial score (nSPS) is 17.0. The lowest BCUT2D eigenvalue weighted by Gasteiger charge is -2.14. The number of hydrogen-bond donors (Lipinski definition) is 1. The van der Waals surface area contributed by atoms with Gasteiger partial charge in [0.1, 0.15) is 5.75 Å². The Labute approximate surface area is 139 Å². The van der Waals surface area contributed by atoms with E-state index in [9.17, 15) is 0 Å². The molecular formula is C19H24ClNO. The molecule has 0 unspecified atom stereocenters. The lowest BCUT2D eigenvalue weighted by Crippen LogP contribution is -2.18. The number of fused-ring (bicyclic) bond motifs is 1. The Bertz CT molecular complexity index is 585. The molecule has 0 spiro atoms. The molecule has 1 atom stereocenters. The van der Waals surface area contributed by atoms with Gasteiger partial charge in [-0.2, -0.15) is 0 Å². The lowest BCUT2D eigenvalue weighted by molar-refractivity contribution is 0.321. The van der Waals surface area contributed by atoms with Crippen LogP contribution in [0.5, 0.6) is 5.75 Å². The van der Waals surface area contributed by atoms with Crippen molar-refractivity contribution in [1.29, 1.82) is 0 Å². The van der Waals surface area contributed by atoms with Crippen LogP contribution in [0.15, 0.2) is 48.5 Å². The van der Waals surface area contributed by atoms with Crippen LogP contribution >= 0.6 is 12.4 Å². The third kappa shape index (κ3) is 4.25. The van der Waals surface area contributed by atoms with Crippen molar-refractivity contribution in [2.45, 2.75) is 25.7 Å². The Hall–Kier alpha value is -1.51. The summed E-state index contributed by atoms with van der Waals surface area (Å²) in [4.78, 5) is 0. The van der Waals surface area contributed by atoms with Crippen molar-refractivity contribution in [3.63, 3.8) is 0 Å². The number of nitrogens with one attached hydrogen (secondary N) is 1. The third-order valence-corrected chi connectivity index (χ3v) is 4.17. The third-order valence-electron chi connectivity index (χ3n) is 4.17. The lowest BCUT2D eigenvalue weighted by atomic mass is 9.95. The van der Waals surface area contributed by atoms with Gasteiger partial charge in [-0.3, -0.25) is 0 Å². The number of hydrogen-bond acceptors (Lipinski definition) is 2.